The number of hydrogen-bond donors (Lipinski definition) is 4. The maximum atomic E-state index is 15.4. The van der Waals surface area contributed by atoms with Gasteiger partial charge < -0.3 is 19.7 Å². The number of carbonyl (C=O) groups excluding carboxylic acids is 4. The predicted octanol–water partition coefficient (Wildman–Crippen LogP) is 4.34. The summed E-state index contributed by atoms with van der Waals surface area (Å²) in [5.74, 6) is -1.96. The number of fused-ring (bicyclic) bond motifs is 2. The smallest absolute Gasteiger partial charge is 0.412 e. The molecule has 17 heteroatoms. The van der Waals surface area contributed by atoms with Gasteiger partial charge >= 0.3 is 12.2 Å². The third-order valence-corrected chi connectivity index (χ3v) is 8.43. The Morgan fingerprint density at radius 3 is 2.59 bits per heavy atom. The minimum atomic E-state index is -1.51. The molecule has 0 aliphatic carbocycles. The molecule has 1 saturated heterocycles. The van der Waals surface area contributed by atoms with Gasteiger partial charge in [0.1, 0.15) is 18.5 Å². The van der Waals surface area contributed by atoms with Crippen LogP contribution >= 0.6 is 11.6 Å². The van der Waals surface area contributed by atoms with Crippen molar-refractivity contribution in [1.82, 2.24) is 30.8 Å². The van der Waals surface area contributed by atoms with Crippen molar-refractivity contribution in [3.05, 3.63) is 99.8 Å². The molecule has 0 bridgehead atoms. The number of nitrogens with zero attached hydrogens (tertiary/aromatic N) is 4. The Balaban J connectivity index is 1.17. The van der Waals surface area contributed by atoms with E-state index in [9.17, 15) is 23.6 Å². The standard InChI is InChI=1S/C32H29ClF2N8O6/c33-22-10-11-23-26(27(22)35)32(49-31(47)38-23)13-1-14-43(17-32)29(45)24(16-18-2-6-20(34)7-3-18)37-28(44)19-4-8-21(9-5-19)36-30(46)48-15-12-25-39-41-42-40-25/h2-11,24H,1,12-17H2,(H,36,46)(H,37,44)(H,38,47)(H,39,40,41,42)/t24-,32?/m0/s1. The zero-order valence-corrected chi connectivity index (χ0v) is 26.4. The minimum Gasteiger partial charge on any atom is -0.449 e. The lowest BCUT2D eigenvalue weighted by atomic mass is 9.82. The molecule has 1 fully saturated rings. The second-order valence-corrected chi connectivity index (χ2v) is 11.8. The number of aromatic amines is 1. The highest BCUT2D eigenvalue weighted by molar-refractivity contribution is 6.31. The molecule has 14 nitrogen and oxygen atoms in total. The predicted molar refractivity (Wildman–Crippen MR) is 170 cm³/mol. The van der Waals surface area contributed by atoms with E-state index < -0.39 is 47.3 Å². The molecule has 1 spiro atoms. The highest BCUT2D eigenvalue weighted by Gasteiger charge is 2.49. The average molecular weight is 695 g/mol. The Morgan fingerprint density at radius 2 is 1.86 bits per heavy atom. The van der Waals surface area contributed by atoms with Crippen LogP contribution in [0.3, 0.4) is 0 Å². The first-order valence-corrected chi connectivity index (χ1v) is 15.6. The minimum absolute atomic E-state index is 0.00180. The molecular formula is C32H29ClF2N8O6. The number of halogens is 3. The first kappa shape index (κ1) is 33.3. The lowest BCUT2D eigenvalue weighted by Crippen LogP contribution is -2.57. The van der Waals surface area contributed by atoms with Crippen molar-refractivity contribution in [2.75, 3.05) is 30.3 Å². The molecule has 4 aromatic rings. The molecule has 2 aliphatic rings. The molecule has 2 atom stereocenters. The first-order valence-electron chi connectivity index (χ1n) is 15.2. The number of nitrogens with one attached hydrogen (secondary N) is 4. The molecule has 0 radical (unpaired) electrons. The summed E-state index contributed by atoms with van der Waals surface area (Å²) in [5.41, 5.74) is -0.175. The normalized spacial score (nSPS) is 17.4. The van der Waals surface area contributed by atoms with Crippen LogP contribution in [-0.2, 0) is 32.7 Å². The van der Waals surface area contributed by atoms with Crippen molar-refractivity contribution in [2.24, 2.45) is 0 Å². The molecule has 2 aliphatic heterocycles. The molecule has 6 rings (SSSR count). The number of likely N-dealkylation sites (tertiary alicyclic amines) is 1. The summed E-state index contributed by atoms with van der Waals surface area (Å²) in [6.07, 6.45) is -0.669. The van der Waals surface area contributed by atoms with Crippen LogP contribution in [0.1, 0.15) is 40.2 Å². The molecule has 49 heavy (non-hydrogen) atoms. The second kappa shape index (κ2) is 14.2. The number of aromatic nitrogens is 4. The van der Waals surface area contributed by atoms with Gasteiger partial charge in [0.15, 0.2) is 17.2 Å². The summed E-state index contributed by atoms with van der Waals surface area (Å²) < 4.78 is 39.9. The van der Waals surface area contributed by atoms with Gasteiger partial charge in [0, 0.05) is 30.6 Å². The van der Waals surface area contributed by atoms with Gasteiger partial charge in [0.2, 0.25) is 5.91 Å². The zero-order chi connectivity index (χ0) is 34.5. The van der Waals surface area contributed by atoms with Crippen LogP contribution in [0.25, 0.3) is 0 Å². The Morgan fingerprint density at radius 1 is 1.08 bits per heavy atom. The van der Waals surface area contributed by atoms with Crippen molar-refractivity contribution in [1.29, 1.82) is 0 Å². The van der Waals surface area contributed by atoms with Gasteiger partial charge in [-0.1, -0.05) is 28.9 Å². The number of anilines is 2. The van der Waals surface area contributed by atoms with Gasteiger partial charge in [-0.05, 0) is 66.9 Å². The average Bonchev–Trinajstić information content (AvgIpc) is 3.60. The number of piperidine rings is 1. The third kappa shape index (κ3) is 7.59. The van der Waals surface area contributed by atoms with E-state index in [-0.39, 0.29) is 60.8 Å². The number of amides is 4. The molecule has 4 N–H and O–H groups in total. The summed E-state index contributed by atoms with van der Waals surface area (Å²) in [6.45, 7) is 0.0668. The Labute approximate surface area is 282 Å². The largest absolute Gasteiger partial charge is 0.449 e. The maximum absolute atomic E-state index is 15.4. The number of carbonyl (C=O) groups is 4. The monoisotopic (exact) mass is 694 g/mol. The lowest BCUT2D eigenvalue weighted by molar-refractivity contribution is -0.141. The molecule has 0 saturated carbocycles. The van der Waals surface area contributed by atoms with Gasteiger partial charge in [0.25, 0.3) is 5.91 Å². The fourth-order valence-corrected chi connectivity index (χ4v) is 6.02. The highest BCUT2D eigenvalue weighted by atomic mass is 35.5. The summed E-state index contributed by atoms with van der Waals surface area (Å²) in [7, 11) is 0. The van der Waals surface area contributed by atoms with Crippen molar-refractivity contribution in [3.8, 4) is 0 Å². The molecule has 1 aromatic heterocycles. The van der Waals surface area contributed by atoms with Crippen molar-refractivity contribution >= 4 is 47.0 Å². The Hall–Kier alpha value is -5.64. The van der Waals surface area contributed by atoms with Crippen molar-refractivity contribution in [2.45, 2.75) is 37.3 Å². The molecule has 1 unspecified atom stereocenters. The quantitative estimate of drug-likeness (QED) is 0.198. The van der Waals surface area contributed by atoms with Gasteiger partial charge in [0.05, 0.1) is 22.8 Å². The summed E-state index contributed by atoms with van der Waals surface area (Å²) in [6, 6.07) is 13.0. The SMILES string of the molecule is O=C(Nc1ccc(C(=O)N[C@@H](Cc2ccc(F)cc2)C(=O)N2CCCC3(C2)OC(=O)Nc2ccc(Cl)c(F)c23)cc1)OCCc1nn[nH]n1. The van der Waals surface area contributed by atoms with E-state index in [1.807, 2.05) is 0 Å². The number of H-pyrrole nitrogens is 1. The van der Waals surface area contributed by atoms with Crippen molar-refractivity contribution in [3.63, 3.8) is 0 Å². The Kier molecular flexibility index (Phi) is 9.66. The van der Waals surface area contributed by atoms with Crippen LogP contribution < -0.4 is 16.0 Å². The molecule has 3 heterocycles. The van der Waals surface area contributed by atoms with E-state index in [1.165, 1.54) is 65.6 Å². The van der Waals surface area contributed by atoms with Crippen LogP contribution in [0.5, 0.6) is 0 Å². The van der Waals surface area contributed by atoms with Crippen molar-refractivity contribution < 1.29 is 37.4 Å². The lowest BCUT2D eigenvalue weighted by Gasteiger charge is -2.45. The molecule has 3 aromatic carbocycles. The Bertz CT molecular complexity index is 1860. The van der Waals surface area contributed by atoms with E-state index in [4.69, 9.17) is 21.1 Å². The van der Waals surface area contributed by atoms with E-state index in [2.05, 4.69) is 36.6 Å². The second-order valence-electron chi connectivity index (χ2n) is 11.4. The number of rotatable bonds is 9. The van der Waals surface area contributed by atoms with Gasteiger partial charge in [-0.2, -0.15) is 5.21 Å². The third-order valence-electron chi connectivity index (χ3n) is 8.14. The van der Waals surface area contributed by atoms with Gasteiger partial charge in [-0.25, -0.2) is 18.4 Å². The van der Waals surface area contributed by atoms with E-state index in [0.717, 1.165) is 0 Å². The number of hydrogen-bond acceptors (Lipinski definition) is 9. The first-order chi connectivity index (χ1) is 23.6. The summed E-state index contributed by atoms with van der Waals surface area (Å²) in [4.78, 5) is 53.7. The highest BCUT2D eigenvalue weighted by Crippen LogP contribution is 2.45. The van der Waals surface area contributed by atoms with E-state index >= 15 is 4.39 Å². The number of ether oxygens (including phenoxy) is 2. The summed E-state index contributed by atoms with van der Waals surface area (Å²) >= 11 is 6.09. The zero-order valence-electron chi connectivity index (χ0n) is 25.7. The fourth-order valence-electron chi connectivity index (χ4n) is 5.86. The molecule has 254 valence electrons. The maximum Gasteiger partial charge on any atom is 0.412 e. The van der Waals surface area contributed by atoms with E-state index in [1.54, 1.807) is 0 Å². The van der Waals surface area contributed by atoms with E-state index in [0.29, 0.717) is 23.5 Å². The van der Waals surface area contributed by atoms with Crippen LogP contribution in [0, 0.1) is 11.6 Å². The van der Waals surface area contributed by atoms with Crippen LogP contribution in [0.15, 0.2) is 60.7 Å². The molecular weight excluding hydrogens is 666 g/mol. The molecule has 4 amide bonds. The van der Waals surface area contributed by atoms with Gasteiger partial charge in [-0.3, -0.25) is 20.2 Å². The number of benzene rings is 3. The summed E-state index contributed by atoms with van der Waals surface area (Å²) in [5, 5.41) is 20.9. The van der Waals surface area contributed by atoms with Gasteiger partial charge in [-0.15, -0.1) is 10.2 Å². The van der Waals surface area contributed by atoms with Crippen LogP contribution in [0.2, 0.25) is 5.02 Å². The van der Waals surface area contributed by atoms with Crippen LogP contribution in [-0.4, -0.2) is 75.3 Å². The topological polar surface area (TPSA) is 181 Å². The van der Waals surface area contributed by atoms with Crippen LogP contribution in [0.4, 0.5) is 29.7 Å². The number of tetrazole rings is 1. The fraction of sp³-hybridized carbons (Fsp3) is 0.281.